The Labute approximate surface area is 168 Å². The molecule has 3 heterocycles. The zero-order valence-corrected chi connectivity index (χ0v) is 16.5. The molecule has 0 aliphatic rings. The number of rotatable bonds is 5. The van der Waals surface area contributed by atoms with Crippen molar-refractivity contribution in [2.75, 3.05) is 0 Å². The van der Waals surface area contributed by atoms with E-state index in [9.17, 15) is 9.59 Å². The molecule has 1 amide bonds. The van der Waals surface area contributed by atoms with Gasteiger partial charge in [-0.1, -0.05) is 30.3 Å². The number of thiazole rings is 1. The number of aromatic nitrogens is 5. The molecule has 0 atom stereocenters. The smallest absolute Gasteiger partial charge is 0.271 e. The number of carbonyl (C=O) groups excluding carboxylic acids is 1. The predicted molar refractivity (Wildman–Crippen MR) is 108 cm³/mol. The Hall–Kier alpha value is -3.11. The molecule has 0 spiro atoms. The molecule has 3 aromatic heterocycles. The summed E-state index contributed by atoms with van der Waals surface area (Å²) in [6, 6.07) is 9.98. The summed E-state index contributed by atoms with van der Waals surface area (Å²) in [7, 11) is 1.75. The summed E-state index contributed by atoms with van der Waals surface area (Å²) in [5.41, 5.74) is 0.736. The summed E-state index contributed by atoms with van der Waals surface area (Å²) < 4.78 is 3.53. The second-order valence-corrected chi connectivity index (χ2v) is 7.66. The van der Waals surface area contributed by atoms with Crippen LogP contribution in [-0.4, -0.2) is 30.1 Å². The topological polar surface area (TPSA) is 97.1 Å². The summed E-state index contributed by atoms with van der Waals surface area (Å²) in [5, 5.41) is 9.36. The van der Waals surface area contributed by atoms with Crippen molar-refractivity contribution in [3.05, 3.63) is 79.7 Å². The maximum absolute atomic E-state index is 12.7. The largest absolute Gasteiger partial charge is 0.345 e. The molecule has 10 heteroatoms. The van der Waals surface area contributed by atoms with E-state index in [1.54, 1.807) is 17.8 Å². The highest BCUT2D eigenvalue weighted by Crippen LogP contribution is 2.18. The van der Waals surface area contributed by atoms with Gasteiger partial charge in [0.05, 0.1) is 6.54 Å². The van der Waals surface area contributed by atoms with Crippen molar-refractivity contribution in [2.45, 2.75) is 13.0 Å². The first-order chi connectivity index (χ1) is 13.5. The molecular formula is C18H16N6O2S2. The van der Waals surface area contributed by atoms with E-state index in [1.807, 2.05) is 30.3 Å². The van der Waals surface area contributed by atoms with Crippen molar-refractivity contribution in [3.63, 3.8) is 0 Å². The lowest BCUT2D eigenvalue weighted by Gasteiger charge is -2.04. The second-order valence-electron chi connectivity index (χ2n) is 6.18. The fourth-order valence-corrected chi connectivity index (χ4v) is 3.88. The number of amides is 1. The van der Waals surface area contributed by atoms with Crippen LogP contribution in [0.5, 0.6) is 0 Å². The third-order valence-electron chi connectivity index (χ3n) is 4.30. The lowest BCUT2D eigenvalue weighted by atomic mass is 10.1. The maximum Gasteiger partial charge on any atom is 0.271 e. The lowest BCUT2D eigenvalue weighted by molar-refractivity contribution is 0.0947. The molecule has 142 valence electrons. The van der Waals surface area contributed by atoms with E-state index in [2.05, 4.69) is 20.5 Å². The number of nitrogens with one attached hydrogen (secondary N) is 2. The first kappa shape index (κ1) is 18.3. The minimum absolute atomic E-state index is 0.0154. The first-order valence-corrected chi connectivity index (χ1v) is 9.68. The van der Waals surface area contributed by atoms with Crippen molar-refractivity contribution in [1.29, 1.82) is 0 Å². The van der Waals surface area contributed by atoms with Crippen molar-refractivity contribution >= 4 is 34.4 Å². The molecule has 8 nitrogen and oxygen atoms in total. The molecule has 0 radical (unpaired) electrons. The van der Waals surface area contributed by atoms with Gasteiger partial charge in [-0.3, -0.25) is 19.1 Å². The fourth-order valence-electron chi connectivity index (χ4n) is 2.76. The predicted octanol–water partition coefficient (Wildman–Crippen LogP) is 2.07. The molecule has 0 saturated heterocycles. The molecule has 2 N–H and O–H groups in total. The summed E-state index contributed by atoms with van der Waals surface area (Å²) in [6.07, 6.45) is 3.77. The van der Waals surface area contributed by atoms with E-state index in [4.69, 9.17) is 12.2 Å². The lowest BCUT2D eigenvalue weighted by Crippen LogP contribution is -2.31. The third kappa shape index (κ3) is 3.51. The molecule has 0 aliphatic heterocycles. The number of hydrogen-bond acceptors (Lipinski definition) is 6. The van der Waals surface area contributed by atoms with Crippen molar-refractivity contribution in [3.8, 4) is 0 Å². The van der Waals surface area contributed by atoms with Gasteiger partial charge in [0.25, 0.3) is 11.5 Å². The summed E-state index contributed by atoms with van der Waals surface area (Å²) in [5.74, 6) is 0.0600. The quantitative estimate of drug-likeness (QED) is 0.489. The van der Waals surface area contributed by atoms with Gasteiger partial charge in [-0.2, -0.15) is 5.10 Å². The van der Waals surface area contributed by atoms with Crippen LogP contribution in [0.4, 0.5) is 0 Å². The standard InChI is InChI=1S/C18H16N6O2S2/c1-23-14(21-22-17(23)27)9-19-15(25)13-8-20-18-24(16(13)26)10-12(28-18)7-11-5-3-2-4-6-11/h2-6,8,10H,7,9H2,1H3,(H,19,25)(H,22,27). The van der Waals surface area contributed by atoms with Crippen LogP contribution in [0.2, 0.25) is 0 Å². The second kappa shape index (κ2) is 7.49. The van der Waals surface area contributed by atoms with Crippen LogP contribution in [0.3, 0.4) is 0 Å². The van der Waals surface area contributed by atoms with Gasteiger partial charge in [-0.05, 0) is 17.8 Å². The van der Waals surface area contributed by atoms with Crippen LogP contribution in [0.1, 0.15) is 26.6 Å². The van der Waals surface area contributed by atoms with Gasteiger partial charge in [0.1, 0.15) is 5.56 Å². The van der Waals surface area contributed by atoms with Crippen LogP contribution < -0.4 is 10.9 Å². The van der Waals surface area contributed by atoms with Crippen LogP contribution in [0, 0.1) is 4.77 Å². The number of benzene rings is 1. The van der Waals surface area contributed by atoms with Crippen LogP contribution in [-0.2, 0) is 20.0 Å². The molecule has 28 heavy (non-hydrogen) atoms. The third-order valence-corrected chi connectivity index (χ3v) is 5.66. The molecular weight excluding hydrogens is 396 g/mol. The maximum atomic E-state index is 12.7. The van der Waals surface area contributed by atoms with Crippen LogP contribution >= 0.6 is 23.6 Å². The zero-order chi connectivity index (χ0) is 19.7. The summed E-state index contributed by atoms with van der Waals surface area (Å²) >= 11 is 6.47. The summed E-state index contributed by atoms with van der Waals surface area (Å²) in [4.78, 5) is 31.0. The van der Waals surface area contributed by atoms with Gasteiger partial charge in [0.2, 0.25) is 0 Å². The Morgan fingerprint density at radius 3 is 2.82 bits per heavy atom. The monoisotopic (exact) mass is 412 g/mol. The number of aromatic amines is 1. The first-order valence-electron chi connectivity index (χ1n) is 8.45. The molecule has 4 aromatic rings. The van der Waals surface area contributed by atoms with E-state index < -0.39 is 11.5 Å². The van der Waals surface area contributed by atoms with E-state index in [-0.39, 0.29) is 12.1 Å². The Kier molecular flexibility index (Phi) is 4.88. The molecule has 1 aromatic carbocycles. The highest BCUT2D eigenvalue weighted by molar-refractivity contribution is 7.71. The van der Waals surface area contributed by atoms with Crippen molar-refractivity contribution < 1.29 is 4.79 Å². The highest BCUT2D eigenvalue weighted by atomic mass is 32.1. The average Bonchev–Trinajstić information content (AvgIpc) is 3.25. The SMILES string of the molecule is Cn1c(CNC(=O)c2cnc3sc(Cc4ccccc4)cn3c2=O)n[nH]c1=S. The van der Waals surface area contributed by atoms with Crippen LogP contribution in [0.25, 0.3) is 4.96 Å². The molecule has 0 unspecified atom stereocenters. The van der Waals surface area contributed by atoms with Gasteiger partial charge in [-0.25, -0.2) is 4.98 Å². The van der Waals surface area contributed by atoms with Gasteiger partial charge < -0.3 is 9.88 Å². The van der Waals surface area contributed by atoms with Gasteiger partial charge in [0.15, 0.2) is 15.6 Å². The number of hydrogen-bond donors (Lipinski definition) is 2. The van der Waals surface area contributed by atoms with E-state index >= 15 is 0 Å². The molecule has 0 bridgehead atoms. The number of fused-ring (bicyclic) bond motifs is 1. The molecule has 4 rings (SSSR count). The average molecular weight is 413 g/mol. The van der Waals surface area contributed by atoms with E-state index in [0.717, 1.165) is 10.4 Å². The van der Waals surface area contributed by atoms with E-state index in [0.29, 0.717) is 22.0 Å². The van der Waals surface area contributed by atoms with Gasteiger partial charge >= 0.3 is 0 Å². The van der Waals surface area contributed by atoms with E-state index in [1.165, 1.54) is 21.9 Å². The van der Waals surface area contributed by atoms with Gasteiger partial charge in [-0.15, -0.1) is 11.3 Å². The Morgan fingerprint density at radius 2 is 2.11 bits per heavy atom. The minimum Gasteiger partial charge on any atom is -0.345 e. The minimum atomic E-state index is -0.503. The fraction of sp³-hybridized carbons (Fsp3) is 0.167. The van der Waals surface area contributed by atoms with Crippen molar-refractivity contribution in [1.82, 2.24) is 29.5 Å². The Balaban J connectivity index is 1.57. The Morgan fingerprint density at radius 1 is 1.32 bits per heavy atom. The molecule has 0 saturated carbocycles. The normalized spacial score (nSPS) is 11.0. The number of H-pyrrole nitrogens is 1. The Bertz CT molecular complexity index is 1270. The highest BCUT2D eigenvalue weighted by Gasteiger charge is 2.16. The number of nitrogens with zero attached hydrogens (tertiary/aromatic N) is 4. The molecule has 0 aliphatic carbocycles. The molecule has 0 fully saturated rings. The number of carbonyl (C=O) groups is 1. The zero-order valence-electron chi connectivity index (χ0n) is 14.9. The van der Waals surface area contributed by atoms with Crippen molar-refractivity contribution in [2.24, 2.45) is 7.05 Å². The van der Waals surface area contributed by atoms with Crippen LogP contribution in [0.15, 0.2) is 47.5 Å². The summed E-state index contributed by atoms with van der Waals surface area (Å²) in [6.45, 7) is 0.146. The van der Waals surface area contributed by atoms with Gasteiger partial charge in [0, 0.05) is 30.7 Å².